The standard InChI is InChI=1S/C43H43Cl2F2N3O10.C2HF3O2/c1-55-31-10-7-27(8-11-31)40(42(53)59-38-22-49-15-13-26(38)14-16-49)48-30-4-2-3-29(17-30)41(52)57-24-39(51)58-36(19-32-33(44)20-50(54)21-34(32)45)28-9-12-35(60-43(46)47)37(18-28)56-23-25-5-6-25;3-2(4,5)1(6)7/h2-4,7-12,17-18,20-21,25-26,36,38,40,43,48H,5-6,13-16,19,22-24H2,1H3;(H,6,7)/t36-,38-,40?;/m0./s1. The zero-order valence-corrected chi connectivity index (χ0v) is 37.0. The van der Waals surface area contributed by atoms with Gasteiger partial charge in [0.1, 0.15) is 28.0 Å². The van der Waals surface area contributed by atoms with E-state index in [-0.39, 0.29) is 57.7 Å². The number of piperidine rings is 3. The van der Waals surface area contributed by atoms with E-state index < -0.39 is 55.4 Å². The number of anilines is 1. The molecular weight excluding hydrogens is 940 g/mol. The first-order valence-corrected chi connectivity index (χ1v) is 21.5. The minimum Gasteiger partial charge on any atom is -0.619 e. The van der Waals surface area contributed by atoms with Gasteiger partial charge in [-0.3, -0.25) is 4.90 Å². The number of hydrogen-bond donors (Lipinski definition) is 2. The second kappa shape index (κ2) is 22.6. The summed E-state index contributed by atoms with van der Waals surface area (Å²) in [5.41, 5.74) is 1.66. The number of aromatic nitrogens is 1. The first-order valence-electron chi connectivity index (χ1n) is 20.7. The predicted molar refractivity (Wildman–Crippen MR) is 228 cm³/mol. The number of aliphatic carboxylic acids is 1. The van der Waals surface area contributed by atoms with Crippen LogP contribution in [-0.4, -0.2) is 92.7 Å². The van der Waals surface area contributed by atoms with Crippen LogP contribution in [0.15, 0.2) is 79.1 Å². The number of carboxylic acid groups (broad SMARTS) is 1. The fourth-order valence-electron chi connectivity index (χ4n) is 7.30. The number of ether oxygens (including phenoxy) is 6. The lowest BCUT2D eigenvalue weighted by Crippen LogP contribution is -2.52. The molecule has 67 heavy (non-hydrogen) atoms. The van der Waals surface area contributed by atoms with Gasteiger partial charge in [-0.15, -0.1) is 0 Å². The molecule has 3 aromatic carbocycles. The highest BCUT2D eigenvalue weighted by atomic mass is 35.5. The van der Waals surface area contributed by atoms with Crippen LogP contribution in [-0.2, 0) is 35.0 Å². The largest absolute Gasteiger partial charge is 0.619 e. The highest BCUT2D eigenvalue weighted by Gasteiger charge is 2.39. The summed E-state index contributed by atoms with van der Waals surface area (Å²) < 4.78 is 91.7. The molecule has 1 unspecified atom stereocenters. The minimum absolute atomic E-state index is 0.00445. The molecule has 8 rings (SSSR count). The molecule has 1 aromatic heterocycles. The molecule has 0 spiro atoms. The Kier molecular flexibility index (Phi) is 17.0. The predicted octanol–water partition coefficient (Wildman–Crippen LogP) is 8.13. The van der Waals surface area contributed by atoms with Gasteiger partial charge in [0.05, 0.1) is 19.3 Å². The minimum atomic E-state index is -5.08. The van der Waals surface area contributed by atoms with Gasteiger partial charge >= 0.3 is 36.7 Å². The number of nitrogens with zero attached hydrogens (tertiary/aromatic N) is 2. The third kappa shape index (κ3) is 14.4. The Morgan fingerprint density at radius 3 is 2.16 bits per heavy atom. The van der Waals surface area contributed by atoms with Gasteiger partial charge in [0, 0.05) is 24.2 Å². The highest BCUT2D eigenvalue weighted by Crippen LogP contribution is 2.38. The van der Waals surface area contributed by atoms with Crippen LogP contribution >= 0.6 is 23.2 Å². The number of carbonyl (C=O) groups is 4. The number of carboxylic acids is 1. The Morgan fingerprint density at radius 2 is 1.58 bits per heavy atom. The van der Waals surface area contributed by atoms with Gasteiger partial charge in [-0.05, 0) is 104 Å². The number of alkyl halides is 5. The van der Waals surface area contributed by atoms with E-state index in [0.717, 1.165) is 51.2 Å². The van der Waals surface area contributed by atoms with Crippen molar-refractivity contribution in [3.05, 3.63) is 117 Å². The molecule has 3 aliphatic heterocycles. The van der Waals surface area contributed by atoms with E-state index in [4.69, 9.17) is 56.8 Å². The SMILES string of the molecule is COc1ccc(C(Nc2cccc(C(=O)OCC(=O)O[C@@H](Cc3c(Cl)c[n+]([O-])cc3Cl)c3ccc(OC(F)F)c(OCC4CC4)c3)c2)C(=O)O[C@H]2CN3CCC2CC3)cc1.O=C(O)C(F)(F)F. The second-order valence-electron chi connectivity index (χ2n) is 15.7. The number of nitrogens with one attached hydrogen (secondary N) is 1. The highest BCUT2D eigenvalue weighted by molar-refractivity contribution is 6.35. The lowest BCUT2D eigenvalue weighted by Gasteiger charge is -2.44. The van der Waals surface area contributed by atoms with Crippen LogP contribution in [0.1, 0.15) is 64.9 Å². The van der Waals surface area contributed by atoms with E-state index in [1.165, 1.54) is 30.3 Å². The third-order valence-corrected chi connectivity index (χ3v) is 11.6. The molecule has 1 aliphatic carbocycles. The van der Waals surface area contributed by atoms with Gasteiger partial charge in [0.2, 0.25) is 0 Å². The van der Waals surface area contributed by atoms with E-state index >= 15 is 0 Å². The Labute approximate surface area is 390 Å². The fourth-order valence-corrected chi connectivity index (χ4v) is 7.90. The maximum atomic E-state index is 13.8. The Hall–Kier alpha value is -6.12. The van der Waals surface area contributed by atoms with Crippen molar-refractivity contribution in [1.82, 2.24) is 4.90 Å². The number of rotatable bonds is 18. The molecule has 3 atom stereocenters. The summed E-state index contributed by atoms with van der Waals surface area (Å²) in [6.45, 7) is -0.997. The summed E-state index contributed by atoms with van der Waals surface area (Å²) in [4.78, 5) is 51.7. The van der Waals surface area contributed by atoms with Crippen LogP contribution in [0.2, 0.25) is 10.0 Å². The number of carbonyl (C=O) groups excluding carboxylic acids is 3. The summed E-state index contributed by atoms with van der Waals surface area (Å²) in [5, 5.41) is 22.3. The summed E-state index contributed by atoms with van der Waals surface area (Å²) in [6.07, 6.45) is -0.651. The van der Waals surface area contributed by atoms with Crippen LogP contribution in [0.3, 0.4) is 0 Å². The summed E-state index contributed by atoms with van der Waals surface area (Å²) in [5.74, 6) is -4.07. The smallest absolute Gasteiger partial charge is 0.490 e. The van der Waals surface area contributed by atoms with E-state index in [9.17, 15) is 41.5 Å². The second-order valence-corrected chi connectivity index (χ2v) is 16.6. The average Bonchev–Trinajstić information content (AvgIpc) is 4.13. The number of pyridine rings is 1. The van der Waals surface area contributed by atoms with Crippen molar-refractivity contribution < 1.29 is 79.4 Å². The summed E-state index contributed by atoms with van der Waals surface area (Å²) in [7, 11) is 1.55. The maximum Gasteiger partial charge on any atom is 0.490 e. The monoisotopic (exact) mass is 983 g/mol. The van der Waals surface area contributed by atoms with Crippen molar-refractivity contribution in [3.8, 4) is 17.2 Å². The molecule has 22 heteroatoms. The number of halogens is 7. The molecule has 2 bridgehead atoms. The first-order chi connectivity index (χ1) is 31.9. The van der Waals surface area contributed by atoms with Crippen LogP contribution in [0, 0.1) is 17.0 Å². The number of fused-ring (bicyclic) bond motifs is 3. The van der Waals surface area contributed by atoms with Crippen molar-refractivity contribution in [2.24, 2.45) is 11.8 Å². The molecule has 4 heterocycles. The first kappa shape index (κ1) is 50.3. The molecule has 2 N–H and O–H groups in total. The van der Waals surface area contributed by atoms with Crippen molar-refractivity contribution in [1.29, 1.82) is 0 Å². The van der Waals surface area contributed by atoms with Crippen molar-refractivity contribution in [2.75, 3.05) is 45.3 Å². The van der Waals surface area contributed by atoms with Crippen LogP contribution in [0.25, 0.3) is 0 Å². The van der Waals surface area contributed by atoms with Crippen LogP contribution in [0.4, 0.5) is 27.6 Å². The molecule has 4 fully saturated rings. The molecular formula is C45H44Cl2F5N3O12. The average molecular weight is 985 g/mol. The van der Waals surface area contributed by atoms with Crippen molar-refractivity contribution in [2.45, 2.75) is 63.1 Å². The van der Waals surface area contributed by atoms with E-state index in [1.54, 1.807) is 43.5 Å². The van der Waals surface area contributed by atoms with Gasteiger partial charge < -0.3 is 44.1 Å². The lowest BCUT2D eigenvalue weighted by atomic mass is 9.86. The fraction of sp³-hybridized carbons (Fsp3) is 0.400. The number of methoxy groups -OCH3 is 1. The van der Waals surface area contributed by atoms with E-state index in [1.807, 2.05) is 0 Å². The molecule has 3 saturated heterocycles. The number of benzene rings is 3. The number of esters is 3. The maximum absolute atomic E-state index is 13.8. The van der Waals surface area contributed by atoms with Crippen molar-refractivity contribution in [3.63, 3.8) is 0 Å². The topological polar surface area (TPSA) is 186 Å². The molecule has 0 radical (unpaired) electrons. The Bertz CT molecular complexity index is 2360. The molecule has 0 amide bonds. The zero-order valence-electron chi connectivity index (χ0n) is 35.5. The van der Waals surface area contributed by atoms with Crippen LogP contribution in [0.5, 0.6) is 17.2 Å². The van der Waals surface area contributed by atoms with Crippen molar-refractivity contribution >= 4 is 52.8 Å². The van der Waals surface area contributed by atoms with Gasteiger partial charge in [-0.2, -0.15) is 26.7 Å². The van der Waals surface area contributed by atoms with Gasteiger partial charge in [-0.1, -0.05) is 47.5 Å². The summed E-state index contributed by atoms with van der Waals surface area (Å²) in [6, 6.07) is 16.4. The quantitative estimate of drug-likeness (QED) is 0.0320. The molecule has 4 aromatic rings. The lowest BCUT2D eigenvalue weighted by molar-refractivity contribution is -0.605. The molecule has 1 saturated carbocycles. The Balaban J connectivity index is 0.000000980. The normalized spacial score (nSPS) is 18.4. The van der Waals surface area contributed by atoms with Gasteiger partial charge in [-0.25, -0.2) is 19.2 Å². The van der Waals surface area contributed by atoms with Gasteiger partial charge in [0.15, 0.2) is 36.5 Å². The molecule has 360 valence electrons. The Morgan fingerprint density at radius 1 is 0.925 bits per heavy atom. The van der Waals surface area contributed by atoms with Gasteiger partial charge in [0.25, 0.3) is 0 Å². The van der Waals surface area contributed by atoms with Crippen LogP contribution < -0.4 is 24.3 Å². The number of hydrogen-bond acceptors (Lipinski definition) is 13. The van der Waals surface area contributed by atoms with E-state index in [0.29, 0.717) is 39.8 Å². The summed E-state index contributed by atoms with van der Waals surface area (Å²) >= 11 is 12.7. The third-order valence-electron chi connectivity index (χ3n) is 11.0. The zero-order chi connectivity index (χ0) is 48.4. The molecule has 15 nitrogen and oxygen atoms in total. The molecule has 4 aliphatic rings. The van der Waals surface area contributed by atoms with E-state index in [2.05, 4.69) is 15.0 Å².